The van der Waals surface area contributed by atoms with Crippen LogP contribution in [0.5, 0.6) is 0 Å². The van der Waals surface area contributed by atoms with Gasteiger partial charge in [-0.05, 0) is 18.9 Å². The fourth-order valence-corrected chi connectivity index (χ4v) is 1.53. The number of rotatable bonds is 7. The number of unbranched alkanes of at least 4 members (excludes halogenated alkanes) is 2. The van der Waals surface area contributed by atoms with E-state index in [4.69, 9.17) is 9.79 Å². The molecular formula is C8H15O4P. The smallest absolute Gasteiger partial charge is 0.324 e. The van der Waals surface area contributed by atoms with E-state index in [0.29, 0.717) is 25.7 Å². The summed E-state index contributed by atoms with van der Waals surface area (Å²) in [6.07, 6.45) is 3.41. The summed E-state index contributed by atoms with van der Waals surface area (Å²) in [5, 5.41) is 0. The highest BCUT2D eigenvalue weighted by Gasteiger charge is 2.11. The highest BCUT2D eigenvalue weighted by atomic mass is 31.2. The Bertz CT molecular complexity index is 218. The van der Waals surface area contributed by atoms with Gasteiger partial charge in [-0.3, -0.25) is 9.36 Å². The lowest BCUT2D eigenvalue weighted by molar-refractivity contribution is -0.114. The second kappa shape index (κ2) is 6.08. The lowest BCUT2D eigenvalue weighted by Gasteiger charge is -2.02. The minimum absolute atomic E-state index is 0.0174. The molecule has 0 saturated carbocycles. The topological polar surface area (TPSA) is 74.6 Å². The van der Waals surface area contributed by atoms with E-state index in [9.17, 15) is 9.36 Å². The van der Waals surface area contributed by atoms with Gasteiger partial charge in [0.25, 0.3) is 0 Å². The lowest BCUT2D eigenvalue weighted by Crippen LogP contribution is -1.93. The van der Waals surface area contributed by atoms with E-state index in [2.05, 4.69) is 6.58 Å². The van der Waals surface area contributed by atoms with Gasteiger partial charge in [0, 0.05) is 12.6 Å². The second-order valence-electron chi connectivity index (χ2n) is 2.87. The molecule has 13 heavy (non-hydrogen) atoms. The monoisotopic (exact) mass is 206 g/mol. The predicted molar refractivity (Wildman–Crippen MR) is 50.6 cm³/mol. The fraction of sp³-hybridized carbons (Fsp3) is 0.625. The predicted octanol–water partition coefficient (Wildman–Crippen LogP) is 1.48. The summed E-state index contributed by atoms with van der Waals surface area (Å²) in [6.45, 7) is 3.32. The Hall–Kier alpha value is -0.440. The molecule has 0 spiro atoms. The summed E-state index contributed by atoms with van der Waals surface area (Å²) in [4.78, 5) is 27.7. The third kappa shape index (κ3) is 9.47. The van der Waals surface area contributed by atoms with Crippen molar-refractivity contribution in [2.24, 2.45) is 0 Å². The van der Waals surface area contributed by atoms with Gasteiger partial charge in [0.05, 0.1) is 0 Å². The molecule has 0 aromatic rings. The van der Waals surface area contributed by atoms with Gasteiger partial charge in [0.1, 0.15) is 0 Å². The van der Waals surface area contributed by atoms with E-state index in [0.717, 1.165) is 0 Å². The molecule has 4 nitrogen and oxygen atoms in total. The van der Waals surface area contributed by atoms with Crippen LogP contribution < -0.4 is 0 Å². The molecule has 0 aromatic heterocycles. The Kier molecular flexibility index (Phi) is 5.88. The summed E-state index contributed by atoms with van der Waals surface area (Å²) >= 11 is 0. The quantitative estimate of drug-likeness (QED) is 0.376. The molecule has 0 aliphatic rings. The molecule has 0 radical (unpaired) electrons. The Morgan fingerprint density at radius 3 is 2.38 bits per heavy atom. The standard InChI is InChI=1S/C8H15O4P/c1-2-8(9)6-4-3-5-7-13(10,11)12/h2H,1,3-7H2,(H2,10,11,12). The number of carbonyl (C=O) groups excluding carboxylic acids is 1. The van der Waals surface area contributed by atoms with Gasteiger partial charge >= 0.3 is 7.60 Å². The maximum absolute atomic E-state index is 10.7. The first-order chi connectivity index (χ1) is 5.95. The van der Waals surface area contributed by atoms with Crippen molar-refractivity contribution in [3.63, 3.8) is 0 Å². The number of ketones is 1. The van der Waals surface area contributed by atoms with Crippen molar-refractivity contribution in [1.29, 1.82) is 0 Å². The molecule has 76 valence electrons. The molecule has 0 amide bonds. The van der Waals surface area contributed by atoms with Gasteiger partial charge in [0.15, 0.2) is 5.78 Å². The number of allylic oxidation sites excluding steroid dienone is 1. The van der Waals surface area contributed by atoms with E-state index >= 15 is 0 Å². The molecule has 0 atom stereocenters. The van der Waals surface area contributed by atoms with Gasteiger partial charge < -0.3 is 9.79 Å². The van der Waals surface area contributed by atoms with Crippen LogP contribution in [0.25, 0.3) is 0 Å². The first-order valence-electron chi connectivity index (χ1n) is 4.15. The van der Waals surface area contributed by atoms with Crippen molar-refractivity contribution >= 4 is 13.4 Å². The van der Waals surface area contributed by atoms with E-state index < -0.39 is 7.60 Å². The van der Waals surface area contributed by atoms with Gasteiger partial charge in [-0.25, -0.2) is 0 Å². The SMILES string of the molecule is C=CC(=O)CCCCCP(=O)(O)O. The van der Waals surface area contributed by atoms with Crippen LogP contribution in [0.2, 0.25) is 0 Å². The maximum atomic E-state index is 10.7. The molecule has 0 rings (SSSR count). The molecule has 0 fully saturated rings. The number of hydrogen-bond acceptors (Lipinski definition) is 2. The normalized spacial score (nSPS) is 11.2. The molecule has 0 bridgehead atoms. The zero-order valence-corrected chi connectivity index (χ0v) is 8.37. The van der Waals surface area contributed by atoms with Gasteiger partial charge in [-0.15, -0.1) is 0 Å². The Labute approximate surface area is 77.8 Å². The summed E-state index contributed by atoms with van der Waals surface area (Å²) < 4.78 is 10.4. The van der Waals surface area contributed by atoms with Crippen LogP contribution in [0, 0.1) is 0 Å². The van der Waals surface area contributed by atoms with Crippen molar-refractivity contribution in [3.8, 4) is 0 Å². The minimum atomic E-state index is -3.84. The summed E-state index contributed by atoms with van der Waals surface area (Å²) in [5.41, 5.74) is 0. The van der Waals surface area contributed by atoms with E-state index in [1.54, 1.807) is 0 Å². The maximum Gasteiger partial charge on any atom is 0.325 e. The van der Waals surface area contributed by atoms with E-state index in [1.165, 1.54) is 6.08 Å². The highest BCUT2D eigenvalue weighted by Crippen LogP contribution is 2.35. The van der Waals surface area contributed by atoms with Crippen LogP contribution in [0.4, 0.5) is 0 Å². The summed E-state index contributed by atoms with van der Waals surface area (Å²) in [7, 11) is -3.84. The van der Waals surface area contributed by atoms with Crippen LogP contribution >= 0.6 is 7.60 Å². The largest absolute Gasteiger partial charge is 0.325 e. The lowest BCUT2D eigenvalue weighted by atomic mass is 10.1. The van der Waals surface area contributed by atoms with Crippen molar-refractivity contribution in [2.45, 2.75) is 25.7 Å². The van der Waals surface area contributed by atoms with Crippen molar-refractivity contribution < 1.29 is 19.1 Å². The molecule has 0 aliphatic heterocycles. The van der Waals surface area contributed by atoms with Gasteiger partial charge in [-0.2, -0.15) is 0 Å². The minimum Gasteiger partial charge on any atom is -0.324 e. The van der Waals surface area contributed by atoms with Crippen LogP contribution in [-0.2, 0) is 9.36 Å². The fourth-order valence-electron chi connectivity index (χ4n) is 0.896. The van der Waals surface area contributed by atoms with Crippen LogP contribution in [0.1, 0.15) is 25.7 Å². The Morgan fingerprint density at radius 2 is 1.92 bits per heavy atom. The van der Waals surface area contributed by atoms with Crippen LogP contribution in [0.3, 0.4) is 0 Å². The molecular weight excluding hydrogens is 191 g/mol. The Morgan fingerprint density at radius 1 is 1.31 bits per heavy atom. The zero-order chi connectivity index (χ0) is 10.3. The van der Waals surface area contributed by atoms with Crippen LogP contribution in [0.15, 0.2) is 12.7 Å². The number of hydrogen-bond donors (Lipinski definition) is 2. The second-order valence-corrected chi connectivity index (χ2v) is 4.65. The Balaban J connectivity index is 3.32. The highest BCUT2D eigenvalue weighted by molar-refractivity contribution is 7.51. The molecule has 0 aromatic carbocycles. The zero-order valence-electron chi connectivity index (χ0n) is 7.48. The molecule has 5 heteroatoms. The van der Waals surface area contributed by atoms with Gasteiger partial charge in [-0.1, -0.05) is 13.0 Å². The first-order valence-corrected chi connectivity index (χ1v) is 5.95. The van der Waals surface area contributed by atoms with Crippen molar-refractivity contribution in [3.05, 3.63) is 12.7 Å². The molecule has 0 saturated heterocycles. The van der Waals surface area contributed by atoms with Crippen LogP contribution in [-0.4, -0.2) is 21.7 Å². The molecule has 0 heterocycles. The number of carbonyl (C=O) groups is 1. The van der Waals surface area contributed by atoms with Crippen molar-refractivity contribution in [1.82, 2.24) is 0 Å². The van der Waals surface area contributed by atoms with E-state index in [1.807, 2.05) is 0 Å². The van der Waals surface area contributed by atoms with Gasteiger partial charge in [0.2, 0.25) is 0 Å². The van der Waals surface area contributed by atoms with E-state index in [-0.39, 0.29) is 11.9 Å². The third-order valence-electron chi connectivity index (χ3n) is 1.60. The average molecular weight is 206 g/mol. The summed E-state index contributed by atoms with van der Waals surface area (Å²) in [5.74, 6) is -0.0174. The molecule has 0 aliphatic carbocycles. The molecule has 2 N–H and O–H groups in total. The first kappa shape index (κ1) is 12.6. The average Bonchev–Trinajstić information content (AvgIpc) is 2.01. The molecule has 0 unspecified atom stereocenters. The summed E-state index contributed by atoms with van der Waals surface area (Å²) in [6, 6.07) is 0. The van der Waals surface area contributed by atoms with Crippen molar-refractivity contribution in [2.75, 3.05) is 6.16 Å². The third-order valence-corrected chi connectivity index (χ3v) is 2.50.